The van der Waals surface area contributed by atoms with Crippen LogP contribution in [0.15, 0.2) is 18.2 Å². The van der Waals surface area contributed by atoms with E-state index in [1.807, 2.05) is 0 Å². The first kappa shape index (κ1) is 11.5. The van der Waals surface area contributed by atoms with E-state index in [2.05, 4.69) is 4.74 Å². The zero-order valence-corrected chi connectivity index (χ0v) is 7.71. The minimum Gasteiger partial charge on any atom is -0.371 e. The molecule has 0 heterocycles. The SMILES string of the molecule is N#Cc1cccc(COCC(F)F)c1F. The third kappa shape index (κ3) is 3.26. The van der Waals surface area contributed by atoms with Crippen LogP contribution >= 0.6 is 0 Å². The van der Waals surface area contributed by atoms with Crippen LogP contribution < -0.4 is 0 Å². The van der Waals surface area contributed by atoms with Crippen molar-refractivity contribution in [2.75, 3.05) is 6.61 Å². The molecule has 2 nitrogen and oxygen atoms in total. The highest BCUT2D eigenvalue weighted by Crippen LogP contribution is 2.13. The molecule has 0 aromatic heterocycles. The number of rotatable bonds is 4. The smallest absolute Gasteiger partial charge is 0.261 e. The molecule has 15 heavy (non-hydrogen) atoms. The molecule has 80 valence electrons. The van der Waals surface area contributed by atoms with Gasteiger partial charge >= 0.3 is 0 Å². The van der Waals surface area contributed by atoms with E-state index in [1.165, 1.54) is 18.2 Å². The monoisotopic (exact) mass is 215 g/mol. The molecule has 0 spiro atoms. The van der Waals surface area contributed by atoms with Crippen LogP contribution in [0.4, 0.5) is 13.2 Å². The van der Waals surface area contributed by atoms with Gasteiger partial charge in [0, 0.05) is 5.56 Å². The second-order valence-corrected chi connectivity index (χ2v) is 2.80. The van der Waals surface area contributed by atoms with Crippen molar-refractivity contribution >= 4 is 0 Å². The molecular weight excluding hydrogens is 207 g/mol. The summed E-state index contributed by atoms with van der Waals surface area (Å²) in [6, 6.07) is 5.83. The normalized spacial score (nSPS) is 10.3. The second kappa shape index (κ2) is 5.37. The van der Waals surface area contributed by atoms with Gasteiger partial charge in [-0.2, -0.15) is 5.26 Å². The second-order valence-electron chi connectivity index (χ2n) is 2.80. The van der Waals surface area contributed by atoms with Gasteiger partial charge in [0.1, 0.15) is 18.5 Å². The van der Waals surface area contributed by atoms with E-state index in [0.29, 0.717) is 0 Å². The highest BCUT2D eigenvalue weighted by Gasteiger charge is 2.08. The van der Waals surface area contributed by atoms with Crippen LogP contribution in [-0.2, 0) is 11.3 Å². The van der Waals surface area contributed by atoms with Gasteiger partial charge in [0.15, 0.2) is 0 Å². The molecule has 5 heteroatoms. The minimum atomic E-state index is -2.58. The molecule has 0 aliphatic carbocycles. The number of benzene rings is 1. The Morgan fingerprint density at radius 1 is 1.40 bits per heavy atom. The van der Waals surface area contributed by atoms with Crippen molar-refractivity contribution in [2.45, 2.75) is 13.0 Å². The third-order valence-electron chi connectivity index (χ3n) is 1.70. The summed E-state index contributed by atoms with van der Waals surface area (Å²) < 4.78 is 41.3. The molecule has 1 rings (SSSR count). The summed E-state index contributed by atoms with van der Waals surface area (Å²) in [4.78, 5) is 0. The number of nitriles is 1. The first-order valence-electron chi connectivity index (χ1n) is 4.18. The number of alkyl halides is 2. The van der Waals surface area contributed by atoms with Gasteiger partial charge in [-0.25, -0.2) is 13.2 Å². The summed E-state index contributed by atoms with van der Waals surface area (Å²) in [5, 5.41) is 8.51. The highest BCUT2D eigenvalue weighted by molar-refractivity contribution is 5.34. The fourth-order valence-corrected chi connectivity index (χ4v) is 1.04. The van der Waals surface area contributed by atoms with Gasteiger partial charge in [-0.15, -0.1) is 0 Å². The lowest BCUT2D eigenvalue weighted by Gasteiger charge is -2.05. The van der Waals surface area contributed by atoms with Gasteiger partial charge < -0.3 is 4.74 Å². The summed E-state index contributed by atoms with van der Waals surface area (Å²) in [6.07, 6.45) is -2.58. The maximum atomic E-state index is 13.3. The number of hydrogen-bond donors (Lipinski definition) is 0. The van der Waals surface area contributed by atoms with Crippen molar-refractivity contribution < 1.29 is 17.9 Å². The number of hydrogen-bond acceptors (Lipinski definition) is 2. The number of nitrogens with zero attached hydrogens (tertiary/aromatic N) is 1. The van der Waals surface area contributed by atoms with E-state index in [4.69, 9.17) is 5.26 Å². The minimum absolute atomic E-state index is 0.106. The third-order valence-corrected chi connectivity index (χ3v) is 1.70. The lowest BCUT2D eigenvalue weighted by Crippen LogP contribution is -2.05. The molecule has 0 saturated heterocycles. The Hall–Kier alpha value is -1.54. The summed E-state index contributed by atoms with van der Waals surface area (Å²) >= 11 is 0. The Balaban J connectivity index is 2.66. The molecule has 0 radical (unpaired) electrons. The molecule has 0 aliphatic rings. The molecule has 0 bridgehead atoms. The van der Waals surface area contributed by atoms with Crippen molar-refractivity contribution in [2.24, 2.45) is 0 Å². The van der Waals surface area contributed by atoms with Gasteiger partial charge in [-0.05, 0) is 6.07 Å². The Morgan fingerprint density at radius 3 is 2.73 bits per heavy atom. The predicted molar refractivity (Wildman–Crippen MR) is 46.8 cm³/mol. The van der Waals surface area contributed by atoms with Gasteiger partial charge in [0.05, 0.1) is 12.2 Å². The molecule has 0 amide bonds. The molecule has 1 aromatic rings. The van der Waals surface area contributed by atoms with E-state index >= 15 is 0 Å². The first-order valence-corrected chi connectivity index (χ1v) is 4.18. The summed E-state index contributed by atoms with van der Waals surface area (Å²) in [5.74, 6) is -0.714. The lowest BCUT2D eigenvalue weighted by atomic mass is 10.1. The quantitative estimate of drug-likeness (QED) is 0.772. The topological polar surface area (TPSA) is 33.0 Å². The van der Waals surface area contributed by atoms with Crippen LogP contribution in [-0.4, -0.2) is 13.0 Å². The molecule has 0 N–H and O–H groups in total. The van der Waals surface area contributed by atoms with Crippen LogP contribution in [0.5, 0.6) is 0 Å². The maximum absolute atomic E-state index is 13.3. The fourth-order valence-electron chi connectivity index (χ4n) is 1.04. The van der Waals surface area contributed by atoms with Crippen molar-refractivity contribution in [3.05, 3.63) is 35.1 Å². The fraction of sp³-hybridized carbons (Fsp3) is 0.300. The van der Waals surface area contributed by atoms with E-state index < -0.39 is 18.8 Å². The van der Waals surface area contributed by atoms with Crippen LogP contribution in [0.25, 0.3) is 0 Å². The zero-order chi connectivity index (χ0) is 11.3. The van der Waals surface area contributed by atoms with Gasteiger partial charge in [0.25, 0.3) is 6.43 Å². The Bertz CT molecular complexity index is 373. The predicted octanol–water partition coefficient (Wildman–Crippen LogP) is 2.48. The molecule has 0 unspecified atom stereocenters. The van der Waals surface area contributed by atoms with Crippen molar-refractivity contribution in [3.8, 4) is 6.07 Å². The molecular formula is C10H8F3NO. The Kier molecular flexibility index (Phi) is 4.13. The molecule has 0 atom stereocenters. The van der Waals surface area contributed by atoms with E-state index in [0.717, 1.165) is 0 Å². The van der Waals surface area contributed by atoms with Crippen LogP contribution in [0.1, 0.15) is 11.1 Å². The van der Waals surface area contributed by atoms with Crippen molar-refractivity contribution in [1.82, 2.24) is 0 Å². The van der Waals surface area contributed by atoms with Gasteiger partial charge in [-0.1, -0.05) is 12.1 Å². The van der Waals surface area contributed by atoms with Gasteiger partial charge in [-0.3, -0.25) is 0 Å². The maximum Gasteiger partial charge on any atom is 0.261 e. The van der Waals surface area contributed by atoms with Crippen LogP contribution in [0.3, 0.4) is 0 Å². The van der Waals surface area contributed by atoms with Crippen LogP contribution in [0.2, 0.25) is 0 Å². The summed E-state index contributed by atoms with van der Waals surface area (Å²) in [6.45, 7) is -0.998. The molecule has 1 aromatic carbocycles. The summed E-state index contributed by atoms with van der Waals surface area (Å²) in [5.41, 5.74) is -0.0113. The number of halogens is 3. The number of ether oxygens (including phenoxy) is 1. The largest absolute Gasteiger partial charge is 0.371 e. The first-order chi connectivity index (χ1) is 7.15. The molecule has 0 saturated carbocycles. The standard InChI is InChI=1S/C10H8F3NO/c11-9(12)6-15-5-8-3-1-2-7(4-14)10(8)13/h1-3,9H,5-6H2. The molecule has 0 aliphatic heterocycles. The van der Waals surface area contributed by atoms with Gasteiger partial charge in [0.2, 0.25) is 0 Å². The van der Waals surface area contributed by atoms with Crippen molar-refractivity contribution in [1.29, 1.82) is 5.26 Å². The average Bonchev–Trinajstić information content (AvgIpc) is 2.20. The van der Waals surface area contributed by atoms with E-state index in [9.17, 15) is 13.2 Å². The molecule has 0 fully saturated rings. The average molecular weight is 215 g/mol. The highest BCUT2D eigenvalue weighted by atomic mass is 19.3. The zero-order valence-electron chi connectivity index (χ0n) is 7.71. The lowest BCUT2D eigenvalue weighted by molar-refractivity contribution is 0.00901. The van der Waals surface area contributed by atoms with E-state index in [1.54, 1.807) is 6.07 Å². The van der Waals surface area contributed by atoms with E-state index in [-0.39, 0.29) is 17.7 Å². The van der Waals surface area contributed by atoms with Crippen molar-refractivity contribution in [3.63, 3.8) is 0 Å². The Labute approximate surface area is 84.9 Å². The van der Waals surface area contributed by atoms with Crippen LogP contribution in [0, 0.1) is 17.1 Å². The Morgan fingerprint density at radius 2 is 2.13 bits per heavy atom. The summed E-state index contributed by atoms with van der Waals surface area (Å²) in [7, 11) is 0.